The number of sulfonamides is 1. The van der Waals surface area contributed by atoms with Crippen LogP contribution in [0.4, 0.5) is 5.69 Å². The summed E-state index contributed by atoms with van der Waals surface area (Å²) in [5.74, 6) is 0.414. The maximum absolute atomic E-state index is 11.5. The first-order valence-corrected chi connectivity index (χ1v) is 9.83. The molecule has 3 N–H and O–H groups in total. The Labute approximate surface area is 159 Å². The standard InChI is InChI=1S/C16H14ClN7O2S/c17-11-3-1-10(2-4-11)15-9-14(16-19-22-23-20-16)21-24(15)12-5-7-13(8-6-12)27(18,25)26/h1-8,15H,9H2,(H2,18,25,26)(H,19,20,22,23). The summed E-state index contributed by atoms with van der Waals surface area (Å²) in [6, 6.07) is 13.6. The molecule has 1 unspecified atom stereocenters. The van der Waals surface area contributed by atoms with Crippen molar-refractivity contribution in [2.75, 3.05) is 5.01 Å². The van der Waals surface area contributed by atoms with Gasteiger partial charge in [-0.2, -0.15) is 10.3 Å². The fourth-order valence-electron chi connectivity index (χ4n) is 2.90. The highest BCUT2D eigenvalue weighted by Crippen LogP contribution is 2.36. The number of nitrogens with two attached hydrogens (primary N) is 1. The molecular weight excluding hydrogens is 390 g/mol. The third-order valence-corrected chi connectivity index (χ3v) is 5.38. The van der Waals surface area contributed by atoms with Crippen molar-refractivity contribution in [3.05, 3.63) is 64.9 Å². The number of hydrogen-bond donors (Lipinski definition) is 2. The zero-order valence-electron chi connectivity index (χ0n) is 13.8. The Hall–Kier alpha value is -2.82. The molecule has 11 heteroatoms. The molecule has 2 aromatic carbocycles. The minimum Gasteiger partial charge on any atom is -0.257 e. The summed E-state index contributed by atoms with van der Waals surface area (Å²) in [5, 5.41) is 26.2. The summed E-state index contributed by atoms with van der Waals surface area (Å²) in [6.45, 7) is 0. The molecule has 3 aromatic rings. The molecule has 0 fully saturated rings. The predicted molar refractivity (Wildman–Crippen MR) is 99.8 cm³/mol. The van der Waals surface area contributed by atoms with E-state index in [1.807, 2.05) is 24.3 Å². The molecule has 1 aromatic heterocycles. The molecule has 0 bridgehead atoms. The predicted octanol–water partition coefficient (Wildman–Crippen LogP) is 1.86. The lowest BCUT2D eigenvalue weighted by Gasteiger charge is -2.24. The number of nitrogens with one attached hydrogen (secondary N) is 1. The Balaban J connectivity index is 1.74. The molecule has 0 aliphatic carbocycles. The number of primary sulfonamides is 1. The minimum absolute atomic E-state index is 0.0378. The first-order chi connectivity index (χ1) is 12.9. The molecule has 0 saturated heterocycles. The molecule has 0 spiro atoms. The van der Waals surface area contributed by atoms with Crippen molar-refractivity contribution in [1.82, 2.24) is 20.6 Å². The quantitative estimate of drug-likeness (QED) is 0.683. The Kier molecular flexibility index (Phi) is 4.38. The van der Waals surface area contributed by atoms with Crippen LogP contribution in [0.25, 0.3) is 0 Å². The van der Waals surface area contributed by atoms with Crippen LogP contribution in [0.5, 0.6) is 0 Å². The van der Waals surface area contributed by atoms with Crippen molar-refractivity contribution in [3.8, 4) is 0 Å². The van der Waals surface area contributed by atoms with Crippen LogP contribution in [-0.4, -0.2) is 34.8 Å². The summed E-state index contributed by atoms with van der Waals surface area (Å²) >= 11 is 6.00. The van der Waals surface area contributed by atoms with Gasteiger partial charge in [-0.1, -0.05) is 23.7 Å². The highest BCUT2D eigenvalue weighted by atomic mass is 35.5. The fraction of sp³-hybridized carbons (Fsp3) is 0.125. The second-order valence-electron chi connectivity index (χ2n) is 5.94. The Morgan fingerprint density at radius 2 is 1.81 bits per heavy atom. The molecule has 1 aliphatic rings. The Morgan fingerprint density at radius 1 is 1.11 bits per heavy atom. The average molecular weight is 404 g/mol. The Morgan fingerprint density at radius 3 is 2.41 bits per heavy atom. The van der Waals surface area contributed by atoms with Crippen molar-refractivity contribution < 1.29 is 8.42 Å². The van der Waals surface area contributed by atoms with E-state index in [0.29, 0.717) is 28.7 Å². The van der Waals surface area contributed by atoms with Crippen molar-refractivity contribution in [1.29, 1.82) is 0 Å². The lowest BCUT2D eigenvalue weighted by Crippen LogP contribution is -2.19. The van der Waals surface area contributed by atoms with Gasteiger partial charge in [0.1, 0.15) is 5.71 Å². The van der Waals surface area contributed by atoms with Gasteiger partial charge in [-0.25, -0.2) is 13.6 Å². The Bertz CT molecular complexity index is 1080. The van der Waals surface area contributed by atoms with Gasteiger partial charge in [0, 0.05) is 11.4 Å². The van der Waals surface area contributed by atoms with E-state index in [1.165, 1.54) is 12.1 Å². The molecular formula is C16H14ClN7O2S. The van der Waals surface area contributed by atoms with E-state index >= 15 is 0 Å². The van der Waals surface area contributed by atoms with Crippen molar-refractivity contribution in [2.45, 2.75) is 17.4 Å². The minimum atomic E-state index is -3.76. The van der Waals surface area contributed by atoms with Gasteiger partial charge < -0.3 is 0 Å². The summed E-state index contributed by atoms with van der Waals surface area (Å²) in [4.78, 5) is 0.0378. The molecule has 0 saturated carbocycles. The highest BCUT2D eigenvalue weighted by molar-refractivity contribution is 7.89. The molecule has 2 heterocycles. The van der Waals surface area contributed by atoms with Gasteiger partial charge in [-0.05, 0) is 47.2 Å². The molecule has 9 nitrogen and oxygen atoms in total. The van der Waals surface area contributed by atoms with Crippen LogP contribution in [-0.2, 0) is 10.0 Å². The molecule has 1 aliphatic heterocycles. The number of halogens is 1. The summed E-state index contributed by atoms with van der Waals surface area (Å²) in [7, 11) is -3.76. The summed E-state index contributed by atoms with van der Waals surface area (Å²) in [5.41, 5.74) is 2.37. The third kappa shape index (κ3) is 3.54. The van der Waals surface area contributed by atoms with Crippen LogP contribution >= 0.6 is 11.6 Å². The number of anilines is 1. The third-order valence-electron chi connectivity index (χ3n) is 4.20. The molecule has 4 rings (SSSR count). The van der Waals surface area contributed by atoms with Crippen LogP contribution in [0.15, 0.2) is 58.5 Å². The van der Waals surface area contributed by atoms with Crippen LogP contribution in [0.1, 0.15) is 23.9 Å². The maximum Gasteiger partial charge on any atom is 0.238 e. The van der Waals surface area contributed by atoms with Gasteiger partial charge in [0.05, 0.1) is 16.6 Å². The van der Waals surface area contributed by atoms with E-state index in [0.717, 1.165) is 5.56 Å². The van der Waals surface area contributed by atoms with Crippen LogP contribution in [0.3, 0.4) is 0 Å². The van der Waals surface area contributed by atoms with Gasteiger partial charge in [-0.3, -0.25) is 5.01 Å². The van der Waals surface area contributed by atoms with E-state index in [9.17, 15) is 8.42 Å². The number of hydrazone groups is 1. The number of nitrogens with zero attached hydrogens (tertiary/aromatic N) is 5. The van der Waals surface area contributed by atoms with E-state index in [-0.39, 0.29) is 10.9 Å². The van der Waals surface area contributed by atoms with E-state index in [1.54, 1.807) is 17.1 Å². The zero-order chi connectivity index (χ0) is 19.0. The summed E-state index contributed by atoms with van der Waals surface area (Å²) in [6.07, 6.45) is 0.554. The van der Waals surface area contributed by atoms with Crippen molar-refractivity contribution in [3.63, 3.8) is 0 Å². The largest absolute Gasteiger partial charge is 0.257 e. The van der Waals surface area contributed by atoms with Crippen LogP contribution in [0.2, 0.25) is 5.02 Å². The maximum atomic E-state index is 11.5. The lowest BCUT2D eigenvalue weighted by molar-refractivity contribution is 0.597. The van der Waals surface area contributed by atoms with Gasteiger partial charge in [0.2, 0.25) is 15.8 Å². The first kappa shape index (κ1) is 17.6. The SMILES string of the molecule is NS(=O)(=O)c1ccc(N2N=C(c3nn[nH]n3)CC2c2ccc(Cl)cc2)cc1. The normalized spacial score (nSPS) is 17.2. The number of hydrogen-bond acceptors (Lipinski definition) is 7. The fourth-order valence-corrected chi connectivity index (χ4v) is 3.54. The molecule has 1 atom stereocenters. The number of benzene rings is 2. The highest BCUT2D eigenvalue weighted by Gasteiger charge is 2.31. The molecule has 138 valence electrons. The smallest absolute Gasteiger partial charge is 0.238 e. The monoisotopic (exact) mass is 403 g/mol. The summed E-state index contributed by atoms with van der Waals surface area (Å²) < 4.78 is 23.0. The number of rotatable bonds is 4. The van der Waals surface area contributed by atoms with Gasteiger partial charge in [0.25, 0.3) is 0 Å². The number of H-pyrrole nitrogens is 1. The second kappa shape index (κ2) is 6.72. The lowest BCUT2D eigenvalue weighted by atomic mass is 10.0. The topological polar surface area (TPSA) is 130 Å². The van der Waals surface area contributed by atoms with Gasteiger partial charge in [0.15, 0.2) is 0 Å². The van der Waals surface area contributed by atoms with Crippen molar-refractivity contribution in [2.24, 2.45) is 10.2 Å². The van der Waals surface area contributed by atoms with E-state index in [4.69, 9.17) is 16.7 Å². The van der Waals surface area contributed by atoms with E-state index < -0.39 is 10.0 Å². The molecule has 27 heavy (non-hydrogen) atoms. The average Bonchev–Trinajstić information content (AvgIpc) is 3.31. The molecule has 0 radical (unpaired) electrons. The molecule has 0 amide bonds. The number of aromatic nitrogens is 4. The number of tetrazole rings is 1. The van der Waals surface area contributed by atoms with Gasteiger partial charge in [-0.15, -0.1) is 10.2 Å². The van der Waals surface area contributed by atoms with E-state index in [2.05, 4.69) is 25.7 Å². The zero-order valence-corrected chi connectivity index (χ0v) is 15.4. The second-order valence-corrected chi connectivity index (χ2v) is 7.93. The van der Waals surface area contributed by atoms with Gasteiger partial charge >= 0.3 is 0 Å². The number of aromatic amines is 1. The first-order valence-electron chi connectivity index (χ1n) is 7.91. The van der Waals surface area contributed by atoms with Crippen molar-refractivity contribution >= 4 is 33.0 Å². The van der Waals surface area contributed by atoms with Crippen LogP contribution in [0, 0.1) is 0 Å². The van der Waals surface area contributed by atoms with Crippen LogP contribution < -0.4 is 10.1 Å².